The van der Waals surface area contributed by atoms with Crippen molar-refractivity contribution < 1.29 is 19.0 Å². The van der Waals surface area contributed by atoms with Gasteiger partial charge in [0.05, 0.1) is 26.5 Å². The quantitative estimate of drug-likeness (QED) is 0.753. The molecule has 1 aromatic carbocycles. The second-order valence-corrected chi connectivity index (χ2v) is 5.00. The van der Waals surface area contributed by atoms with Crippen molar-refractivity contribution in [3.05, 3.63) is 40.7 Å². The van der Waals surface area contributed by atoms with E-state index < -0.39 is 12.0 Å². The van der Waals surface area contributed by atoms with Gasteiger partial charge < -0.3 is 14.2 Å². The van der Waals surface area contributed by atoms with E-state index in [1.54, 1.807) is 52.3 Å². The number of benzene rings is 1. The van der Waals surface area contributed by atoms with Crippen LogP contribution in [-0.2, 0) is 9.53 Å². The minimum absolute atomic E-state index is 0.243. The van der Waals surface area contributed by atoms with Gasteiger partial charge in [-0.15, -0.1) is 0 Å². The molecular formula is C17H20N2O5. The number of hydrogen-bond donors (Lipinski definition) is 0. The maximum Gasteiger partial charge on any atom is 0.330 e. The van der Waals surface area contributed by atoms with E-state index >= 15 is 0 Å². The van der Waals surface area contributed by atoms with E-state index in [1.165, 1.54) is 6.07 Å². The molecule has 1 atom stereocenters. The van der Waals surface area contributed by atoms with Gasteiger partial charge in [-0.1, -0.05) is 0 Å². The van der Waals surface area contributed by atoms with E-state index in [2.05, 4.69) is 5.10 Å². The van der Waals surface area contributed by atoms with Crippen LogP contribution in [0.3, 0.4) is 0 Å². The molecular weight excluding hydrogens is 312 g/mol. The van der Waals surface area contributed by atoms with Crippen LogP contribution in [0.2, 0.25) is 0 Å². The molecule has 0 aliphatic rings. The number of carbonyl (C=O) groups is 1. The Morgan fingerprint density at radius 3 is 2.50 bits per heavy atom. The molecule has 1 aromatic heterocycles. The van der Waals surface area contributed by atoms with Crippen molar-refractivity contribution in [2.75, 3.05) is 20.8 Å². The second kappa shape index (κ2) is 7.63. The number of aromatic nitrogens is 2. The predicted molar refractivity (Wildman–Crippen MR) is 88.4 cm³/mol. The molecule has 7 nitrogen and oxygen atoms in total. The average Bonchev–Trinajstić information content (AvgIpc) is 2.61. The summed E-state index contributed by atoms with van der Waals surface area (Å²) in [5.74, 6) is 0.638. The van der Waals surface area contributed by atoms with Gasteiger partial charge in [-0.3, -0.25) is 4.79 Å². The standard InChI is InChI=1S/C17H20N2O5/c1-5-24-17(21)11(2)19-16(20)9-7-13(18-19)12-6-8-14(22-3)15(10-12)23-4/h6-11H,5H2,1-4H3/t11-/m0/s1. The van der Waals surface area contributed by atoms with E-state index in [0.717, 1.165) is 10.2 Å². The molecule has 1 heterocycles. The highest BCUT2D eigenvalue weighted by Crippen LogP contribution is 2.31. The predicted octanol–water partition coefficient (Wildman–Crippen LogP) is 2.05. The number of esters is 1. The summed E-state index contributed by atoms with van der Waals surface area (Å²) in [6.07, 6.45) is 0. The van der Waals surface area contributed by atoms with Crippen LogP contribution < -0.4 is 15.0 Å². The molecule has 0 saturated heterocycles. The van der Waals surface area contributed by atoms with Crippen molar-refractivity contribution >= 4 is 5.97 Å². The SMILES string of the molecule is CCOC(=O)[C@H](C)n1nc(-c2ccc(OC)c(OC)c2)ccc1=O. The van der Waals surface area contributed by atoms with Crippen LogP contribution in [0.5, 0.6) is 11.5 Å². The summed E-state index contributed by atoms with van der Waals surface area (Å²) in [5.41, 5.74) is 0.893. The first-order chi connectivity index (χ1) is 11.5. The van der Waals surface area contributed by atoms with E-state index in [4.69, 9.17) is 14.2 Å². The molecule has 7 heteroatoms. The van der Waals surface area contributed by atoms with Gasteiger partial charge in [0.15, 0.2) is 17.5 Å². The minimum atomic E-state index is -0.808. The number of ether oxygens (including phenoxy) is 3. The molecule has 0 aliphatic carbocycles. The number of nitrogens with zero attached hydrogens (tertiary/aromatic N) is 2. The third-order valence-corrected chi connectivity index (χ3v) is 3.50. The van der Waals surface area contributed by atoms with E-state index in [-0.39, 0.29) is 12.2 Å². The Morgan fingerprint density at radius 1 is 1.17 bits per heavy atom. The highest BCUT2D eigenvalue weighted by atomic mass is 16.5. The van der Waals surface area contributed by atoms with Crippen molar-refractivity contribution in [1.82, 2.24) is 9.78 Å². The van der Waals surface area contributed by atoms with E-state index in [0.29, 0.717) is 17.2 Å². The van der Waals surface area contributed by atoms with Gasteiger partial charge in [-0.05, 0) is 38.1 Å². The Bertz CT molecular complexity index is 785. The van der Waals surface area contributed by atoms with Crippen molar-refractivity contribution in [3.8, 4) is 22.8 Å². The fraction of sp³-hybridized carbons (Fsp3) is 0.353. The van der Waals surface area contributed by atoms with Gasteiger partial charge in [0.25, 0.3) is 5.56 Å². The zero-order valence-electron chi connectivity index (χ0n) is 14.1. The maximum atomic E-state index is 12.0. The summed E-state index contributed by atoms with van der Waals surface area (Å²) in [7, 11) is 3.09. The maximum absolute atomic E-state index is 12.0. The van der Waals surface area contributed by atoms with Crippen molar-refractivity contribution in [2.45, 2.75) is 19.9 Å². The lowest BCUT2D eigenvalue weighted by Gasteiger charge is -2.14. The first-order valence-electron chi connectivity index (χ1n) is 7.50. The van der Waals surface area contributed by atoms with Gasteiger partial charge in [-0.25, -0.2) is 9.48 Å². The van der Waals surface area contributed by atoms with E-state index in [9.17, 15) is 9.59 Å². The largest absolute Gasteiger partial charge is 0.493 e. The Balaban J connectivity index is 2.44. The van der Waals surface area contributed by atoms with Gasteiger partial charge in [-0.2, -0.15) is 5.10 Å². The van der Waals surface area contributed by atoms with Crippen LogP contribution in [0.1, 0.15) is 19.9 Å². The molecule has 0 fully saturated rings. The van der Waals surface area contributed by atoms with Crippen LogP contribution in [0.25, 0.3) is 11.3 Å². The van der Waals surface area contributed by atoms with Crippen molar-refractivity contribution in [1.29, 1.82) is 0 Å². The molecule has 2 rings (SSSR count). The summed E-state index contributed by atoms with van der Waals surface area (Å²) in [6.45, 7) is 3.53. The molecule has 0 aliphatic heterocycles. The highest BCUT2D eigenvalue weighted by Gasteiger charge is 2.19. The first-order valence-corrected chi connectivity index (χ1v) is 7.50. The van der Waals surface area contributed by atoms with Gasteiger partial charge in [0.1, 0.15) is 0 Å². The average molecular weight is 332 g/mol. The van der Waals surface area contributed by atoms with Gasteiger partial charge in [0, 0.05) is 11.6 Å². The fourth-order valence-electron chi connectivity index (χ4n) is 2.21. The first kappa shape index (κ1) is 17.5. The van der Waals surface area contributed by atoms with Crippen LogP contribution in [-0.4, -0.2) is 36.6 Å². The number of hydrogen-bond acceptors (Lipinski definition) is 6. The molecule has 0 radical (unpaired) electrons. The number of carbonyl (C=O) groups excluding carboxylic acids is 1. The third-order valence-electron chi connectivity index (χ3n) is 3.50. The molecule has 128 valence electrons. The molecule has 24 heavy (non-hydrogen) atoms. The molecule has 0 spiro atoms. The minimum Gasteiger partial charge on any atom is -0.493 e. The topological polar surface area (TPSA) is 79.7 Å². The Labute approximate surface area is 139 Å². The summed E-state index contributed by atoms with van der Waals surface area (Å²) in [6, 6.07) is 7.46. The number of rotatable bonds is 6. The van der Waals surface area contributed by atoms with E-state index in [1.807, 2.05) is 0 Å². The van der Waals surface area contributed by atoms with Crippen LogP contribution in [0.4, 0.5) is 0 Å². The third kappa shape index (κ3) is 3.56. The summed E-state index contributed by atoms with van der Waals surface area (Å²) in [5, 5.41) is 4.28. The Morgan fingerprint density at radius 2 is 1.88 bits per heavy atom. The molecule has 0 saturated carbocycles. The Kier molecular flexibility index (Phi) is 5.57. The Hall–Kier alpha value is -2.83. The highest BCUT2D eigenvalue weighted by molar-refractivity contribution is 5.73. The zero-order valence-corrected chi connectivity index (χ0v) is 14.1. The van der Waals surface area contributed by atoms with Crippen molar-refractivity contribution in [3.63, 3.8) is 0 Å². The normalized spacial score (nSPS) is 11.7. The summed E-state index contributed by atoms with van der Waals surface area (Å²) < 4.78 is 16.5. The molecule has 2 aromatic rings. The zero-order chi connectivity index (χ0) is 17.7. The van der Waals surface area contributed by atoms with Crippen molar-refractivity contribution in [2.24, 2.45) is 0 Å². The summed E-state index contributed by atoms with van der Waals surface area (Å²) >= 11 is 0. The van der Waals surface area contributed by atoms with Crippen LogP contribution in [0.15, 0.2) is 35.1 Å². The van der Waals surface area contributed by atoms with Crippen LogP contribution in [0, 0.1) is 0 Å². The smallest absolute Gasteiger partial charge is 0.330 e. The fourth-order valence-corrected chi connectivity index (χ4v) is 2.21. The van der Waals surface area contributed by atoms with Gasteiger partial charge in [0.2, 0.25) is 0 Å². The molecule has 0 bridgehead atoms. The lowest BCUT2D eigenvalue weighted by Crippen LogP contribution is -2.31. The molecule has 0 N–H and O–H groups in total. The monoisotopic (exact) mass is 332 g/mol. The molecule has 0 amide bonds. The lowest BCUT2D eigenvalue weighted by molar-refractivity contribution is -0.147. The van der Waals surface area contributed by atoms with Crippen LogP contribution >= 0.6 is 0 Å². The molecule has 0 unspecified atom stereocenters. The number of methoxy groups -OCH3 is 2. The summed E-state index contributed by atoms with van der Waals surface area (Å²) in [4.78, 5) is 23.9. The lowest BCUT2D eigenvalue weighted by atomic mass is 10.1. The van der Waals surface area contributed by atoms with Gasteiger partial charge >= 0.3 is 5.97 Å². The second-order valence-electron chi connectivity index (χ2n) is 5.00.